The highest BCUT2D eigenvalue weighted by Crippen LogP contribution is 2.31. The second kappa shape index (κ2) is 4.26. The molecule has 2 aromatic rings. The Morgan fingerprint density at radius 1 is 0.833 bits per heavy atom. The maximum Gasteiger partial charge on any atom is 0.102 e. The van der Waals surface area contributed by atoms with Gasteiger partial charge in [0.1, 0.15) is 5.54 Å². The summed E-state index contributed by atoms with van der Waals surface area (Å²) in [4.78, 5) is 4.87. The Bertz CT molecular complexity index is 596. The average Bonchev–Trinajstić information content (AvgIpc) is 2.85. The zero-order chi connectivity index (χ0) is 12.4. The minimum atomic E-state index is -0.230. The molecule has 1 heterocycles. The number of aliphatic imine (C=N–C) groups is 1. The van der Waals surface area contributed by atoms with Gasteiger partial charge in [0.05, 0.1) is 5.71 Å². The van der Waals surface area contributed by atoms with E-state index in [9.17, 15) is 0 Å². The van der Waals surface area contributed by atoms with Gasteiger partial charge in [-0.25, -0.2) is 0 Å². The van der Waals surface area contributed by atoms with E-state index >= 15 is 0 Å². The van der Waals surface area contributed by atoms with Crippen LogP contribution < -0.4 is 0 Å². The highest BCUT2D eigenvalue weighted by atomic mass is 14.9. The normalized spacial score (nSPS) is 21.9. The van der Waals surface area contributed by atoms with E-state index < -0.39 is 0 Å². The highest BCUT2D eigenvalue weighted by molar-refractivity contribution is 6.10. The van der Waals surface area contributed by atoms with Gasteiger partial charge in [0.2, 0.25) is 0 Å². The number of allylic oxidation sites excluding steroid dienone is 1. The van der Waals surface area contributed by atoms with Crippen molar-refractivity contribution in [1.82, 2.24) is 0 Å². The van der Waals surface area contributed by atoms with Gasteiger partial charge in [-0.3, -0.25) is 4.99 Å². The lowest BCUT2D eigenvalue weighted by Crippen LogP contribution is -2.13. The standard InChI is InChI=1S/C17H15N/c1-17(15-10-6-3-7-11-15)13-12-16(18-17)14-8-4-2-5-9-14/h2-13H,1H3. The molecule has 1 aliphatic heterocycles. The van der Waals surface area contributed by atoms with E-state index in [1.54, 1.807) is 0 Å². The molecule has 1 unspecified atom stereocenters. The fourth-order valence-electron chi connectivity index (χ4n) is 2.27. The molecular weight excluding hydrogens is 218 g/mol. The van der Waals surface area contributed by atoms with Crippen molar-refractivity contribution in [1.29, 1.82) is 0 Å². The van der Waals surface area contributed by atoms with Gasteiger partial charge in [-0.05, 0) is 24.1 Å². The molecule has 0 amide bonds. The van der Waals surface area contributed by atoms with Crippen LogP contribution >= 0.6 is 0 Å². The molecule has 18 heavy (non-hydrogen) atoms. The minimum Gasteiger partial charge on any atom is -0.269 e. The second-order valence-corrected chi connectivity index (χ2v) is 4.71. The Balaban J connectivity index is 2.00. The maximum atomic E-state index is 4.87. The third kappa shape index (κ3) is 1.88. The lowest BCUT2D eigenvalue weighted by molar-refractivity contribution is 0.646. The Hall–Kier alpha value is -2.15. The Morgan fingerprint density at radius 3 is 2.11 bits per heavy atom. The predicted octanol–water partition coefficient (Wildman–Crippen LogP) is 3.96. The van der Waals surface area contributed by atoms with Gasteiger partial charge in [-0.15, -0.1) is 0 Å². The number of rotatable bonds is 2. The first kappa shape index (κ1) is 11.0. The third-order valence-electron chi connectivity index (χ3n) is 3.35. The molecule has 3 rings (SSSR count). The SMILES string of the molecule is CC1(c2ccccc2)C=CC(c2ccccc2)=N1. The third-order valence-corrected chi connectivity index (χ3v) is 3.35. The smallest absolute Gasteiger partial charge is 0.102 e. The molecule has 0 bridgehead atoms. The molecule has 0 saturated heterocycles. The van der Waals surface area contributed by atoms with Crippen molar-refractivity contribution in [3.63, 3.8) is 0 Å². The van der Waals surface area contributed by atoms with E-state index in [2.05, 4.69) is 55.5 Å². The van der Waals surface area contributed by atoms with E-state index in [-0.39, 0.29) is 5.54 Å². The summed E-state index contributed by atoms with van der Waals surface area (Å²) >= 11 is 0. The van der Waals surface area contributed by atoms with Crippen molar-refractivity contribution in [3.05, 3.63) is 83.9 Å². The van der Waals surface area contributed by atoms with E-state index in [0.717, 1.165) is 5.71 Å². The molecule has 0 aliphatic carbocycles. The Morgan fingerprint density at radius 2 is 1.44 bits per heavy atom. The highest BCUT2D eigenvalue weighted by Gasteiger charge is 2.26. The largest absolute Gasteiger partial charge is 0.269 e. The molecule has 0 saturated carbocycles. The number of hydrogen-bond donors (Lipinski definition) is 0. The lowest BCUT2D eigenvalue weighted by Gasteiger charge is -2.18. The van der Waals surface area contributed by atoms with Gasteiger partial charge in [0.25, 0.3) is 0 Å². The molecule has 0 radical (unpaired) electrons. The summed E-state index contributed by atoms with van der Waals surface area (Å²) in [5.74, 6) is 0. The van der Waals surface area contributed by atoms with Gasteiger partial charge in [-0.1, -0.05) is 66.7 Å². The quantitative estimate of drug-likeness (QED) is 0.744. The molecule has 2 aromatic carbocycles. The van der Waals surface area contributed by atoms with Gasteiger partial charge in [0, 0.05) is 0 Å². The predicted molar refractivity (Wildman–Crippen MR) is 75.9 cm³/mol. The first-order valence-corrected chi connectivity index (χ1v) is 6.18. The van der Waals surface area contributed by atoms with Crippen LogP contribution in [0.15, 0.2) is 77.8 Å². The van der Waals surface area contributed by atoms with Crippen LogP contribution in [0.4, 0.5) is 0 Å². The van der Waals surface area contributed by atoms with Crippen LogP contribution in [-0.4, -0.2) is 5.71 Å². The summed E-state index contributed by atoms with van der Waals surface area (Å²) in [5.41, 5.74) is 3.23. The van der Waals surface area contributed by atoms with Crippen LogP contribution in [0.3, 0.4) is 0 Å². The molecule has 1 atom stereocenters. The lowest BCUT2D eigenvalue weighted by atomic mass is 9.94. The Kier molecular flexibility index (Phi) is 2.60. The van der Waals surface area contributed by atoms with Crippen molar-refractivity contribution in [2.24, 2.45) is 4.99 Å². The Labute approximate surface area is 108 Å². The first-order chi connectivity index (χ1) is 8.78. The van der Waals surface area contributed by atoms with Crippen molar-refractivity contribution >= 4 is 5.71 Å². The zero-order valence-corrected chi connectivity index (χ0v) is 10.4. The summed E-state index contributed by atoms with van der Waals surface area (Å²) in [6.07, 6.45) is 4.28. The summed E-state index contributed by atoms with van der Waals surface area (Å²) in [6, 6.07) is 20.7. The second-order valence-electron chi connectivity index (χ2n) is 4.71. The molecule has 1 aliphatic rings. The fraction of sp³-hybridized carbons (Fsp3) is 0.118. The minimum absolute atomic E-state index is 0.230. The van der Waals surface area contributed by atoms with Crippen LogP contribution in [0.25, 0.3) is 0 Å². The van der Waals surface area contributed by atoms with Crippen LogP contribution in [0.5, 0.6) is 0 Å². The van der Waals surface area contributed by atoms with E-state index in [4.69, 9.17) is 4.99 Å². The van der Waals surface area contributed by atoms with Gasteiger partial charge in [-0.2, -0.15) is 0 Å². The van der Waals surface area contributed by atoms with Crippen molar-refractivity contribution in [2.45, 2.75) is 12.5 Å². The zero-order valence-electron chi connectivity index (χ0n) is 10.4. The monoisotopic (exact) mass is 233 g/mol. The molecule has 0 aromatic heterocycles. The molecule has 1 heteroatoms. The van der Waals surface area contributed by atoms with Gasteiger partial charge in [0.15, 0.2) is 0 Å². The van der Waals surface area contributed by atoms with E-state index in [0.29, 0.717) is 0 Å². The van der Waals surface area contributed by atoms with Crippen molar-refractivity contribution < 1.29 is 0 Å². The number of hydrogen-bond acceptors (Lipinski definition) is 1. The van der Waals surface area contributed by atoms with Crippen molar-refractivity contribution in [3.8, 4) is 0 Å². The maximum absolute atomic E-state index is 4.87. The topological polar surface area (TPSA) is 12.4 Å². The van der Waals surface area contributed by atoms with Crippen LogP contribution in [0.2, 0.25) is 0 Å². The van der Waals surface area contributed by atoms with Crippen LogP contribution in [0, 0.1) is 0 Å². The van der Waals surface area contributed by atoms with E-state index in [1.807, 2.05) is 24.3 Å². The van der Waals surface area contributed by atoms with Gasteiger partial charge >= 0.3 is 0 Å². The summed E-state index contributed by atoms with van der Waals surface area (Å²) in [7, 11) is 0. The number of nitrogens with zero attached hydrogens (tertiary/aromatic N) is 1. The molecule has 0 fully saturated rings. The molecule has 0 N–H and O–H groups in total. The molecule has 1 nitrogen and oxygen atoms in total. The molecule has 88 valence electrons. The fourth-order valence-corrected chi connectivity index (χ4v) is 2.27. The summed E-state index contributed by atoms with van der Waals surface area (Å²) in [6.45, 7) is 2.15. The average molecular weight is 233 g/mol. The van der Waals surface area contributed by atoms with Crippen LogP contribution in [0.1, 0.15) is 18.1 Å². The number of benzene rings is 2. The van der Waals surface area contributed by atoms with E-state index in [1.165, 1.54) is 11.1 Å². The van der Waals surface area contributed by atoms with Gasteiger partial charge < -0.3 is 0 Å². The summed E-state index contributed by atoms with van der Waals surface area (Å²) < 4.78 is 0. The first-order valence-electron chi connectivity index (χ1n) is 6.18. The van der Waals surface area contributed by atoms with Crippen molar-refractivity contribution in [2.75, 3.05) is 0 Å². The summed E-state index contributed by atoms with van der Waals surface area (Å²) in [5, 5.41) is 0. The molecule has 0 spiro atoms. The molecular formula is C17H15N. The van der Waals surface area contributed by atoms with Crippen LogP contribution in [-0.2, 0) is 5.54 Å².